The molecule has 0 radical (unpaired) electrons. The highest BCUT2D eigenvalue weighted by Gasteiger charge is 2.26. The van der Waals surface area contributed by atoms with Crippen LogP contribution in [0.3, 0.4) is 0 Å². The van der Waals surface area contributed by atoms with Gasteiger partial charge in [0, 0.05) is 47.3 Å². The van der Waals surface area contributed by atoms with Gasteiger partial charge in [-0.15, -0.1) is 0 Å². The largest absolute Gasteiger partial charge is 0.351 e. The zero-order valence-corrected chi connectivity index (χ0v) is 21.2. The standard InChI is InChI=1S/C23H26N6O2.C3H7NO/c1-26-20-19(21(30)27(2)23(26)31)29(22(25-20)28-12-6-10-17(24)14-28)13-16-9-5-8-15-7-3-4-11-18(15)16;1-4(2)3-5/h3-5,7-9,11,17H,6,10,12-14,24H2,1-2H3;3H,1-2H3. The Balaban J connectivity index is 0.000000556. The molecule has 1 atom stereocenters. The van der Waals surface area contributed by atoms with Gasteiger partial charge in [-0.25, -0.2) is 4.79 Å². The molecular formula is C26H33N7O3. The molecule has 190 valence electrons. The third-order valence-electron chi connectivity index (χ3n) is 6.49. The highest BCUT2D eigenvalue weighted by molar-refractivity contribution is 5.86. The van der Waals surface area contributed by atoms with Gasteiger partial charge in [0.25, 0.3) is 5.56 Å². The molecule has 4 aromatic rings. The zero-order chi connectivity index (χ0) is 26.0. The Hall–Kier alpha value is -3.92. The first-order valence-corrected chi connectivity index (χ1v) is 12.0. The Morgan fingerprint density at radius 2 is 1.78 bits per heavy atom. The SMILES string of the molecule is CN(C)C=O.Cn1c(=O)c2c(nc(N3CCCC(N)C3)n2Cc2cccc3ccccc23)n(C)c1=O. The lowest BCUT2D eigenvalue weighted by Crippen LogP contribution is -2.44. The summed E-state index contributed by atoms with van der Waals surface area (Å²) in [7, 11) is 6.54. The van der Waals surface area contributed by atoms with Gasteiger partial charge in [-0.2, -0.15) is 4.98 Å². The quantitative estimate of drug-likeness (QED) is 0.431. The molecule has 3 heterocycles. The van der Waals surface area contributed by atoms with Crippen molar-refractivity contribution in [2.75, 3.05) is 32.1 Å². The van der Waals surface area contributed by atoms with E-state index in [4.69, 9.17) is 10.7 Å². The molecule has 0 aliphatic carbocycles. The molecule has 2 aromatic carbocycles. The van der Waals surface area contributed by atoms with Crippen molar-refractivity contribution in [3.63, 3.8) is 0 Å². The Bertz CT molecular complexity index is 1510. The van der Waals surface area contributed by atoms with Crippen LogP contribution in [0.1, 0.15) is 18.4 Å². The van der Waals surface area contributed by atoms with E-state index in [1.165, 1.54) is 16.5 Å². The Morgan fingerprint density at radius 1 is 1.08 bits per heavy atom. The third-order valence-corrected chi connectivity index (χ3v) is 6.49. The smallest absolute Gasteiger partial charge is 0.332 e. The lowest BCUT2D eigenvalue weighted by atomic mass is 10.0. The maximum absolute atomic E-state index is 13.2. The minimum atomic E-state index is -0.380. The average Bonchev–Trinajstić information content (AvgIpc) is 3.26. The number of aromatic nitrogens is 4. The Kier molecular flexibility index (Phi) is 7.25. The average molecular weight is 492 g/mol. The van der Waals surface area contributed by atoms with Crippen molar-refractivity contribution < 1.29 is 4.79 Å². The van der Waals surface area contributed by atoms with Crippen molar-refractivity contribution in [3.05, 3.63) is 68.9 Å². The van der Waals surface area contributed by atoms with E-state index in [1.54, 1.807) is 21.1 Å². The lowest BCUT2D eigenvalue weighted by molar-refractivity contribution is -0.115. The monoisotopic (exact) mass is 491 g/mol. The van der Waals surface area contributed by atoms with Gasteiger partial charge in [-0.3, -0.25) is 23.3 Å². The van der Waals surface area contributed by atoms with Crippen molar-refractivity contribution >= 4 is 34.3 Å². The van der Waals surface area contributed by atoms with Gasteiger partial charge in [0.05, 0.1) is 6.54 Å². The second-order valence-electron chi connectivity index (χ2n) is 9.43. The number of imidazole rings is 1. The molecule has 1 amide bonds. The fraction of sp³-hybridized carbons (Fsp3) is 0.385. The van der Waals surface area contributed by atoms with E-state index in [2.05, 4.69) is 29.2 Å². The summed E-state index contributed by atoms with van der Waals surface area (Å²) in [5.41, 5.74) is 7.46. The first kappa shape index (κ1) is 25.2. The molecule has 2 N–H and O–H groups in total. The second kappa shape index (κ2) is 10.4. The minimum absolute atomic E-state index is 0.0613. The molecule has 1 aliphatic heterocycles. The van der Waals surface area contributed by atoms with E-state index < -0.39 is 0 Å². The summed E-state index contributed by atoms with van der Waals surface area (Å²) in [4.78, 5) is 43.5. The normalized spacial score (nSPS) is 15.6. The molecule has 10 heteroatoms. The topological polar surface area (TPSA) is 111 Å². The summed E-state index contributed by atoms with van der Waals surface area (Å²) in [5.74, 6) is 0.691. The van der Waals surface area contributed by atoms with Crippen LogP contribution in [0.2, 0.25) is 0 Å². The van der Waals surface area contributed by atoms with Gasteiger partial charge < -0.3 is 15.5 Å². The van der Waals surface area contributed by atoms with E-state index in [0.29, 0.717) is 30.2 Å². The third kappa shape index (κ3) is 4.76. The number of carbonyl (C=O) groups excluding carboxylic acids is 1. The van der Waals surface area contributed by atoms with Crippen LogP contribution in [0.15, 0.2) is 52.1 Å². The van der Waals surface area contributed by atoms with Crippen LogP contribution in [0.4, 0.5) is 5.95 Å². The number of rotatable bonds is 4. The molecule has 0 spiro atoms. The van der Waals surface area contributed by atoms with Gasteiger partial charge in [0.15, 0.2) is 11.2 Å². The van der Waals surface area contributed by atoms with Crippen molar-refractivity contribution in [2.24, 2.45) is 19.8 Å². The second-order valence-corrected chi connectivity index (χ2v) is 9.43. The van der Waals surface area contributed by atoms with Gasteiger partial charge in [0.2, 0.25) is 12.4 Å². The van der Waals surface area contributed by atoms with E-state index in [0.717, 1.165) is 46.7 Å². The molecular weight excluding hydrogens is 458 g/mol. The highest BCUT2D eigenvalue weighted by atomic mass is 16.2. The number of benzene rings is 2. The molecule has 36 heavy (non-hydrogen) atoms. The summed E-state index contributed by atoms with van der Waals surface area (Å²) in [6.07, 6.45) is 2.69. The van der Waals surface area contributed by atoms with Crippen LogP contribution < -0.4 is 21.9 Å². The number of hydrogen-bond donors (Lipinski definition) is 1. The van der Waals surface area contributed by atoms with Crippen LogP contribution in [-0.2, 0) is 25.4 Å². The van der Waals surface area contributed by atoms with Crippen LogP contribution in [0, 0.1) is 0 Å². The molecule has 2 aromatic heterocycles. The van der Waals surface area contributed by atoms with E-state index in [-0.39, 0.29) is 17.3 Å². The number of fused-ring (bicyclic) bond motifs is 2. The molecule has 0 bridgehead atoms. The Labute approximate surface area is 209 Å². The maximum Gasteiger partial charge on any atom is 0.332 e. The maximum atomic E-state index is 13.2. The molecule has 1 aliphatic rings. The van der Waals surface area contributed by atoms with Crippen molar-refractivity contribution in [3.8, 4) is 0 Å². The molecule has 5 rings (SSSR count). The number of piperidine rings is 1. The van der Waals surface area contributed by atoms with Crippen molar-refractivity contribution in [1.82, 2.24) is 23.6 Å². The molecule has 1 fully saturated rings. The minimum Gasteiger partial charge on any atom is -0.351 e. The summed E-state index contributed by atoms with van der Waals surface area (Å²) in [5, 5.41) is 2.28. The number of carbonyl (C=O) groups is 1. The predicted octanol–water partition coefficient (Wildman–Crippen LogP) is 1.27. The van der Waals surface area contributed by atoms with Gasteiger partial charge in [-0.1, -0.05) is 42.5 Å². The fourth-order valence-corrected chi connectivity index (χ4v) is 4.62. The van der Waals surface area contributed by atoms with Crippen LogP contribution >= 0.6 is 0 Å². The summed E-state index contributed by atoms with van der Waals surface area (Å²) in [6.45, 7) is 1.97. The number of hydrogen-bond acceptors (Lipinski definition) is 6. The van der Waals surface area contributed by atoms with Gasteiger partial charge in [-0.05, 0) is 29.2 Å². The molecule has 0 saturated carbocycles. The lowest BCUT2D eigenvalue weighted by Gasteiger charge is -2.32. The fourth-order valence-electron chi connectivity index (χ4n) is 4.62. The van der Waals surface area contributed by atoms with E-state index in [9.17, 15) is 14.4 Å². The molecule has 1 unspecified atom stereocenters. The Morgan fingerprint density at radius 3 is 2.47 bits per heavy atom. The number of amides is 1. The van der Waals surface area contributed by atoms with Crippen LogP contribution in [0.5, 0.6) is 0 Å². The molecule has 10 nitrogen and oxygen atoms in total. The van der Waals surface area contributed by atoms with Crippen molar-refractivity contribution in [2.45, 2.75) is 25.4 Å². The van der Waals surface area contributed by atoms with Crippen molar-refractivity contribution in [1.29, 1.82) is 0 Å². The number of aryl methyl sites for hydroxylation is 1. The first-order valence-electron chi connectivity index (χ1n) is 12.0. The number of nitrogens with two attached hydrogens (primary N) is 1. The number of anilines is 1. The summed E-state index contributed by atoms with van der Waals surface area (Å²) < 4.78 is 4.55. The summed E-state index contributed by atoms with van der Waals surface area (Å²) >= 11 is 0. The van der Waals surface area contributed by atoms with E-state index in [1.807, 2.05) is 22.8 Å². The summed E-state index contributed by atoms with van der Waals surface area (Å²) in [6, 6.07) is 14.5. The first-order chi connectivity index (χ1) is 17.2. The van der Waals surface area contributed by atoms with Gasteiger partial charge in [0.1, 0.15) is 0 Å². The van der Waals surface area contributed by atoms with E-state index >= 15 is 0 Å². The molecule has 1 saturated heterocycles. The van der Waals surface area contributed by atoms with Crippen LogP contribution in [-0.4, -0.2) is 63.2 Å². The predicted molar refractivity (Wildman–Crippen MR) is 142 cm³/mol. The highest BCUT2D eigenvalue weighted by Crippen LogP contribution is 2.26. The zero-order valence-electron chi connectivity index (χ0n) is 21.2. The van der Waals surface area contributed by atoms with Crippen LogP contribution in [0.25, 0.3) is 21.9 Å². The van der Waals surface area contributed by atoms with Gasteiger partial charge >= 0.3 is 5.69 Å². The number of nitrogens with zero attached hydrogens (tertiary/aromatic N) is 6.